The van der Waals surface area contributed by atoms with Crippen LogP contribution in [0.1, 0.15) is 27.8 Å². The number of hydrogen-bond acceptors (Lipinski definition) is 5. The zero-order valence-electron chi connectivity index (χ0n) is 13.7. The Bertz CT molecular complexity index is 581. The van der Waals surface area contributed by atoms with Gasteiger partial charge in [0.2, 0.25) is 0 Å². The molecule has 1 aromatic carbocycles. The van der Waals surface area contributed by atoms with Gasteiger partial charge in [-0.1, -0.05) is 0 Å². The van der Waals surface area contributed by atoms with Crippen LogP contribution >= 0.6 is 0 Å². The molecule has 0 bridgehead atoms. The lowest BCUT2D eigenvalue weighted by molar-refractivity contribution is -0.142. The predicted molar refractivity (Wildman–Crippen MR) is 83.2 cm³/mol. The molecule has 0 saturated heterocycles. The first-order chi connectivity index (χ1) is 10.3. The number of anilines is 1. The summed E-state index contributed by atoms with van der Waals surface area (Å²) in [4.78, 5) is 22.2. The number of carboxylic acid groups (broad SMARTS) is 1. The van der Waals surface area contributed by atoms with Gasteiger partial charge in [-0.2, -0.15) is 0 Å². The van der Waals surface area contributed by atoms with Gasteiger partial charge in [0, 0.05) is 12.7 Å². The van der Waals surface area contributed by atoms with Crippen LogP contribution in [0, 0.1) is 20.8 Å². The second-order valence-corrected chi connectivity index (χ2v) is 5.10. The second-order valence-electron chi connectivity index (χ2n) is 5.10. The van der Waals surface area contributed by atoms with Crippen molar-refractivity contribution < 1.29 is 24.2 Å². The molecule has 0 aliphatic carbocycles. The highest BCUT2D eigenvalue weighted by Crippen LogP contribution is 2.32. The average molecular weight is 309 g/mol. The van der Waals surface area contributed by atoms with Gasteiger partial charge in [-0.05, 0) is 48.6 Å². The molecule has 0 saturated carbocycles. The molecule has 122 valence electrons. The van der Waals surface area contributed by atoms with E-state index in [2.05, 4.69) is 5.32 Å². The zero-order chi connectivity index (χ0) is 16.9. The summed E-state index contributed by atoms with van der Waals surface area (Å²) in [6.45, 7) is 5.65. The van der Waals surface area contributed by atoms with E-state index >= 15 is 0 Å². The minimum Gasteiger partial charge on any atom is -0.480 e. The molecule has 0 spiro atoms. The smallest absolute Gasteiger partial charge is 0.329 e. The third-order valence-corrected chi connectivity index (χ3v) is 3.83. The van der Waals surface area contributed by atoms with E-state index in [-0.39, 0.29) is 25.6 Å². The number of benzene rings is 1. The Morgan fingerprint density at radius 3 is 2.18 bits per heavy atom. The van der Waals surface area contributed by atoms with Crippen molar-refractivity contribution in [3.05, 3.63) is 27.8 Å². The van der Waals surface area contributed by atoms with Crippen LogP contribution in [0.2, 0.25) is 0 Å². The monoisotopic (exact) mass is 309 g/mol. The van der Waals surface area contributed by atoms with Crippen LogP contribution in [0.15, 0.2) is 0 Å². The van der Waals surface area contributed by atoms with Gasteiger partial charge < -0.3 is 19.9 Å². The average Bonchev–Trinajstić information content (AvgIpc) is 2.47. The second kappa shape index (κ2) is 7.79. The lowest BCUT2D eigenvalue weighted by Crippen LogP contribution is -2.14. The lowest BCUT2D eigenvalue weighted by atomic mass is 9.90. The van der Waals surface area contributed by atoms with E-state index in [1.54, 1.807) is 0 Å². The molecule has 0 fully saturated rings. The van der Waals surface area contributed by atoms with Crippen LogP contribution in [0.5, 0.6) is 0 Å². The molecule has 1 rings (SSSR count). The molecule has 0 radical (unpaired) electrons. The molecule has 0 aliphatic heterocycles. The molecule has 0 unspecified atom stereocenters. The summed E-state index contributed by atoms with van der Waals surface area (Å²) in [7, 11) is 3.17. The molecule has 0 amide bonds. The number of carbonyl (C=O) groups is 2. The molecule has 1 aromatic rings. The van der Waals surface area contributed by atoms with Gasteiger partial charge in [0.05, 0.1) is 20.1 Å². The molecular weight excluding hydrogens is 286 g/mol. The number of aliphatic carboxylic acids is 1. The lowest BCUT2D eigenvalue weighted by Gasteiger charge is -2.21. The van der Waals surface area contributed by atoms with E-state index < -0.39 is 5.97 Å². The van der Waals surface area contributed by atoms with Crippen LogP contribution in [-0.2, 0) is 32.1 Å². The number of rotatable bonds is 7. The Kier molecular flexibility index (Phi) is 6.37. The van der Waals surface area contributed by atoms with E-state index in [9.17, 15) is 9.59 Å². The first-order valence-electron chi connectivity index (χ1n) is 6.99. The van der Waals surface area contributed by atoms with Gasteiger partial charge in [0.1, 0.15) is 6.61 Å². The number of carbonyl (C=O) groups excluding carboxylic acids is 1. The summed E-state index contributed by atoms with van der Waals surface area (Å²) in [6, 6.07) is 0. The molecule has 0 atom stereocenters. The third-order valence-electron chi connectivity index (χ3n) is 3.83. The summed E-state index contributed by atoms with van der Waals surface area (Å²) in [5, 5.41) is 11.8. The Balaban J connectivity index is 3.27. The van der Waals surface area contributed by atoms with Crippen molar-refractivity contribution in [1.29, 1.82) is 0 Å². The minimum absolute atomic E-state index is 0.176. The molecule has 22 heavy (non-hydrogen) atoms. The third kappa shape index (κ3) is 3.98. The van der Waals surface area contributed by atoms with Crippen molar-refractivity contribution in [2.24, 2.45) is 0 Å². The molecule has 0 aliphatic rings. The van der Waals surface area contributed by atoms with E-state index in [1.807, 2.05) is 27.8 Å². The fourth-order valence-electron chi connectivity index (χ4n) is 2.64. The highest BCUT2D eigenvalue weighted by atomic mass is 16.5. The topological polar surface area (TPSA) is 84.9 Å². The van der Waals surface area contributed by atoms with Gasteiger partial charge in [-0.3, -0.25) is 4.79 Å². The van der Waals surface area contributed by atoms with E-state index in [0.29, 0.717) is 0 Å². The number of nitrogens with one attached hydrogen (secondary N) is 1. The zero-order valence-corrected chi connectivity index (χ0v) is 13.7. The van der Waals surface area contributed by atoms with E-state index in [4.69, 9.17) is 14.6 Å². The maximum absolute atomic E-state index is 11.6. The fraction of sp³-hybridized carbons (Fsp3) is 0.500. The maximum atomic E-state index is 11.6. The van der Waals surface area contributed by atoms with Crippen LogP contribution in [-0.4, -0.2) is 37.8 Å². The van der Waals surface area contributed by atoms with Gasteiger partial charge in [-0.15, -0.1) is 0 Å². The highest BCUT2D eigenvalue weighted by Gasteiger charge is 2.19. The highest BCUT2D eigenvalue weighted by molar-refractivity contribution is 5.76. The molecule has 0 aromatic heterocycles. The molecule has 2 N–H and O–H groups in total. The van der Waals surface area contributed by atoms with E-state index in [0.717, 1.165) is 33.5 Å². The van der Waals surface area contributed by atoms with Gasteiger partial charge in [-0.25, -0.2) is 4.79 Å². The molecule has 6 heteroatoms. The molecule has 0 heterocycles. The standard InChI is InChI=1S/C16H23NO5/c1-9-12(6-15(20)21-5)10(2)16(17-4)11(3)13(9)7-22-8-14(18)19/h17H,6-8H2,1-5H3,(H,18,19). The fourth-order valence-corrected chi connectivity index (χ4v) is 2.64. The first kappa shape index (κ1) is 18.0. The van der Waals surface area contributed by atoms with Gasteiger partial charge in [0.25, 0.3) is 0 Å². The van der Waals surface area contributed by atoms with Crippen molar-refractivity contribution in [2.45, 2.75) is 33.8 Å². The Morgan fingerprint density at radius 2 is 1.68 bits per heavy atom. The Hall–Kier alpha value is -2.08. The van der Waals surface area contributed by atoms with Crippen molar-refractivity contribution in [1.82, 2.24) is 0 Å². The number of methoxy groups -OCH3 is 1. The van der Waals surface area contributed by atoms with Crippen molar-refractivity contribution in [3.63, 3.8) is 0 Å². The number of ether oxygens (including phenoxy) is 2. The Labute approximate surface area is 130 Å². The SMILES string of the molecule is CNc1c(C)c(COCC(=O)O)c(C)c(CC(=O)OC)c1C. The predicted octanol–water partition coefficient (Wildman–Crippen LogP) is 1.97. The summed E-state index contributed by atoms with van der Waals surface area (Å²) in [6.07, 6.45) is 0.176. The van der Waals surface area contributed by atoms with Crippen LogP contribution in [0.25, 0.3) is 0 Å². The summed E-state index contributed by atoms with van der Waals surface area (Å²) in [5.41, 5.74) is 5.63. The van der Waals surface area contributed by atoms with Crippen molar-refractivity contribution in [2.75, 3.05) is 26.1 Å². The summed E-state index contributed by atoms with van der Waals surface area (Å²) < 4.78 is 9.98. The number of esters is 1. The number of hydrogen-bond donors (Lipinski definition) is 2. The van der Waals surface area contributed by atoms with Crippen LogP contribution < -0.4 is 5.32 Å². The summed E-state index contributed by atoms with van der Waals surface area (Å²) >= 11 is 0. The minimum atomic E-state index is -1.01. The van der Waals surface area contributed by atoms with Gasteiger partial charge >= 0.3 is 11.9 Å². The molecular formula is C16H23NO5. The van der Waals surface area contributed by atoms with Crippen molar-refractivity contribution in [3.8, 4) is 0 Å². The van der Waals surface area contributed by atoms with Gasteiger partial charge in [0.15, 0.2) is 0 Å². The quantitative estimate of drug-likeness (QED) is 0.749. The largest absolute Gasteiger partial charge is 0.480 e. The van der Waals surface area contributed by atoms with Crippen molar-refractivity contribution >= 4 is 17.6 Å². The van der Waals surface area contributed by atoms with Crippen LogP contribution in [0.4, 0.5) is 5.69 Å². The summed E-state index contributed by atoms with van der Waals surface area (Å²) in [5.74, 6) is -1.32. The Morgan fingerprint density at radius 1 is 1.09 bits per heavy atom. The first-order valence-corrected chi connectivity index (χ1v) is 6.99. The number of carboxylic acids is 1. The van der Waals surface area contributed by atoms with E-state index in [1.165, 1.54) is 7.11 Å². The van der Waals surface area contributed by atoms with Crippen LogP contribution in [0.3, 0.4) is 0 Å². The molecule has 6 nitrogen and oxygen atoms in total. The normalized spacial score (nSPS) is 10.4. The maximum Gasteiger partial charge on any atom is 0.329 e.